The van der Waals surface area contributed by atoms with Crippen LogP contribution in [0.2, 0.25) is 0 Å². The summed E-state index contributed by atoms with van der Waals surface area (Å²) in [6.45, 7) is 2.76. The van der Waals surface area contributed by atoms with Crippen LogP contribution in [0.4, 0.5) is 0 Å². The number of methoxy groups -OCH3 is 1. The van der Waals surface area contributed by atoms with Gasteiger partial charge in [-0.25, -0.2) is 0 Å². The lowest BCUT2D eigenvalue weighted by atomic mass is 10.1. The number of pyridine rings is 1. The first-order chi connectivity index (χ1) is 9.13. The van der Waals surface area contributed by atoms with Gasteiger partial charge in [0.25, 0.3) is 0 Å². The Morgan fingerprint density at radius 1 is 1.53 bits per heavy atom. The lowest BCUT2D eigenvalue weighted by Crippen LogP contribution is -2.42. The third-order valence-corrected chi connectivity index (χ3v) is 3.84. The van der Waals surface area contributed by atoms with E-state index >= 15 is 0 Å². The van der Waals surface area contributed by atoms with Crippen molar-refractivity contribution in [2.75, 3.05) is 20.7 Å². The Labute approximate surface area is 114 Å². The van der Waals surface area contributed by atoms with Gasteiger partial charge in [-0.1, -0.05) is 0 Å². The second kappa shape index (κ2) is 6.12. The van der Waals surface area contributed by atoms with Gasteiger partial charge in [0.15, 0.2) is 0 Å². The maximum atomic E-state index is 12.4. The van der Waals surface area contributed by atoms with Crippen molar-refractivity contribution in [3.63, 3.8) is 0 Å². The minimum atomic E-state index is -0.140. The summed E-state index contributed by atoms with van der Waals surface area (Å²) in [5.74, 6) is 0.115. The number of amides is 1. The molecule has 2 heterocycles. The topological polar surface area (TPSA) is 54.5 Å². The summed E-state index contributed by atoms with van der Waals surface area (Å²) in [4.78, 5) is 18.2. The maximum absolute atomic E-state index is 12.4. The molecule has 2 rings (SSSR count). The van der Waals surface area contributed by atoms with Crippen LogP contribution in [0.3, 0.4) is 0 Å². The quantitative estimate of drug-likeness (QED) is 0.880. The molecule has 19 heavy (non-hydrogen) atoms. The summed E-state index contributed by atoms with van der Waals surface area (Å²) in [6, 6.07) is 3.78. The molecule has 1 N–H and O–H groups in total. The van der Waals surface area contributed by atoms with Crippen molar-refractivity contribution >= 4 is 5.91 Å². The van der Waals surface area contributed by atoms with Gasteiger partial charge in [0, 0.05) is 33.1 Å². The monoisotopic (exact) mass is 263 g/mol. The molecule has 1 aliphatic heterocycles. The Kier molecular flexibility index (Phi) is 4.50. The highest BCUT2D eigenvalue weighted by Crippen LogP contribution is 2.20. The van der Waals surface area contributed by atoms with Gasteiger partial charge < -0.3 is 15.0 Å². The molecule has 104 valence electrons. The number of hydrogen-bond acceptors (Lipinski definition) is 4. The molecule has 3 atom stereocenters. The number of ether oxygens (including phenoxy) is 1. The molecule has 5 heteroatoms. The smallest absolute Gasteiger partial charge is 0.240 e. The van der Waals surface area contributed by atoms with E-state index in [1.807, 2.05) is 26.1 Å². The average Bonchev–Trinajstić information content (AvgIpc) is 2.94. The van der Waals surface area contributed by atoms with E-state index in [4.69, 9.17) is 4.74 Å². The average molecular weight is 263 g/mol. The van der Waals surface area contributed by atoms with E-state index in [0.717, 1.165) is 18.5 Å². The molecule has 0 aromatic carbocycles. The van der Waals surface area contributed by atoms with Gasteiger partial charge in [0.1, 0.15) is 0 Å². The van der Waals surface area contributed by atoms with E-state index < -0.39 is 0 Å². The van der Waals surface area contributed by atoms with Crippen molar-refractivity contribution in [3.05, 3.63) is 30.1 Å². The number of hydrogen-bond donors (Lipinski definition) is 1. The molecule has 3 unspecified atom stereocenters. The van der Waals surface area contributed by atoms with E-state index in [0.29, 0.717) is 0 Å². The first-order valence-corrected chi connectivity index (χ1v) is 6.56. The van der Waals surface area contributed by atoms with E-state index in [-0.39, 0.29) is 24.1 Å². The minimum Gasteiger partial charge on any atom is -0.380 e. The number of rotatable bonds is 4. The molecule has 5 nitrogen and oxygen atoms in total. The van der Waals surface area contributed by atoms with Crippen LogP contribution >= 0.6 is 0 Å². The van der Waals surface area contributed by atoms with Crippen molar-refractivity contribution in [3.8, 4) is 0 Å². The number of likely N-dealkylation sites (N-methyl/N-ethyl adjacent to an activating group) is 1. The summed E-state index contributed by atoms with van der Waals surface area (Å²) >= 11 is 0. The molecule has 1 aliphatic rings. The van der Waals surface area contributed by atoms with Gasteiger partial charge in [-0.15, -0.1) is 0 Å². The van der Waals surface area contributed by atoms with Crippen molar-refractivity contribution in [2.24, 2.45) is 0 Å². The molecule has 1 aromatic rings. The van der Waals surface area contributed by atoms with E-state index in [2.05, 4.69) is 10.3 Å². The predicted octanol–water partition coefficient (Wildman–Crippen LogP) is 0.978. The molecule has 0 radical (unpaired) electrons. The van der Waals surface area contributed by atoms with Crippen molar-refractivity contribution in [1.29, 1.82) is 0 Å². The molecular weight excluding hydrogens is 242 g/mol. The number of aromatic nitrogens is 1. The second-order valence-corrected chi connectivity index (χ2v) is 4.96. The fourth-order valence-corrected chi connectivity index (χ4v) is 2.37. The highest BCUT2D eigenvalue weighted by Gasteiger charge is 2.32. The normalized spacial score (nSPS) is 24.2. The van der Waals surface area contributed by atoms with E-state index in [1.54, 1.807) is 24.4 Å². The predicted molar refractivity (Wildman–Crippen MR) is 72.6 cm³/mol. The standard InChI is InChI=1S/C14H21N3O2/c1-10(11-4-6-15-7-5-11)17(2)14(18)13-8-12(19-3)9-16-13/h4-7,10,12-13,16H,8-9H2,1-3H3. The van der Waals surface area contributed by atoms with Crippen LogP contribution in [0.25, 0.3) is 0 Å². The van der Waals surface area contributed by atoms with Crippen molar-refractivity contribution < 1.29 is 9.53 Å². The van der Waals surface area contributed by atoms with Gasteiger partial charge in [-0.2, -0.15) is 0 Å². The van der Waals surface area contributed by atoms with Crippen LogP contribution in [0.1, 0.15) is 24.9 Å². The molecule has 1 aromatic heterocycles. The van der Waals surface area contributed by atoms with E-state index in [1.165, 1.54) is 0 Å². The Balaban J connectivity index is 1.99. The summed E-state index contributed by atoms with van der Waals surface area (Å²) < 4.78 is 5.27. The SMILES string of the molecule is COC1CNC(C(=O)N(C)C(C)c2ccncc2)C1. The number of carbonyl (C=O) groups excluding carboxylic acids is 1. The summed E-state index contributed by atoms with van der Waals surface area (Å²) in [6.07, 6.45) is 4.37. The van der Waals surface area contributed by atoms with Gasteiger partial charge in [-0.05, 0) is 31.0 Å². The zero-order valence-corrected chi connectivity index (χ0v) is 11.7. The zero-order valence-electron chi connectivity index (χ0n) is 11.7. The first-order valence-electron chi connectivity index (χ1n) is 6.56. The summed E-state index contributed by atoms with van der Waals surface area (Å²) in [7, 11) is 3.53. The molecule has 1 amide bonds. The Hall–Kier alpha value is -1.46. The molecule has 0 spiro atoms. The van der Waals surface area contributed by atoms with Crippen molar-refractivity contribution in [2.45, 2.75) is 31.5 Å². The highest BCUT2D eigenvalue weighted by molar-refractivity contribution is 5.82. The van der Waals surface area contributed by atoms with Crippen LogP contribution in [-0.4, -0.2) is 48.6 Å². The zero-order chi connectivity index (χ0) is 13.8. The minimum absolute atomic E-state index is 0.0406. The molecule has 1 saturated heterocycles. The Bertz CT molecular complexity index is 424. The fourth-order valence-electron chi connectivity index (χ4n) is 2.37. The Morgan fingerprint density at radius 3 is 2.79 bits per heavy atom. The van der Waals surface area contributed by atoms with Crippen LogP contribution in [0.15, 0.2) is 24.5 Å². The molecule has 0 aliphatic carbocycles. The summed E-state index contributed by atoms with van der Waals surface area (Å²) in [5, 5.41) is 3.22. The second-order valence-electron chi connectivity index (χ2n) is 4.96. The Morgan fingerprint density at radius 2 is 2.21 bits per heavy atom. The first kappa shape index (κ1) is 14.0. The van der Waals surface area contributed by atoms with E-state index in [9.17, 15) is 4.79 Å². The van der Waals surface area contributed by atoms with Gasteiger partial charge in [-0.3, -0.25) is 9.78 Å². The summed E-state index contributed by atoms with van der Waals surface area (Å²) in [5.41, 5.74) is 1.09. The third kappa shape index (κ3) is 3.11. The lowest BCUT2D eigenvalue weighted by Gasteiger charge is -2.27. The molecule has 1 fully saturated rings. The van der Waals surface area contributed by atoms with Gasteiger partial charge in [0.05, 0.1) is 18.2 Å². The molecular formula is C14H21N3O2. The number of nitrogens with zero attached hydrogens (tertiary/aromatic N) is 2. The van der Waals surface area contributed by atoms with Crippen LogP contribution in [0, 0.1) is 0 Å². The van der Waals surface area contributed by atoms with Crippen LogP contribution in [0.5, 0.6) is 0 Å². The third-order valence-electron chi connectivity index (χ3n) is 3.84. The van der Waals surface area contributed by atoms with Gasteiger partial charge in [0.2, 0.25) is 5.91 Å². The lowest BCUT2D eigenvalue weighted by molar-refractivity contribution is -0.133. The maximum Gasteiger partial charge on any atom is 0.240 e. The number of nitrogens with one attached hydrogen (secondary N) is 1. The molecule has 0 saturated carbocycles. The number of carbonyl (C=O) groups is 1. The van der Waals surface area contributed by atoms with Crippen molar-refractivity contribution in [1.82, 2.24) is 15.2 Å². The van der Waals surface area contributed by atoms with Crippen LogP contribution < -0.4 is 5.32 Å². The fraction of sp³-hybridized carbons (Fsp3) is 0.571. The molecule has 0 bridgehead atoms. The highest BCUT2D eigenvalue weighted by atomic mass is 16.5. The largest absolute Gasteiger partial charge is 0.380 e. The van der Waals surface area contributed by atoms with Gasteiger partial charge >= 0.3 is 0 Å². The van der Waals surface area contributed by atoms with Crippen LogP contribution in [-0.2, 0) is 9.53 Å².